The summed E-state index contributed by atoms with van der Waals surface area (Å²) in [6, 6.07) is -0.560. The van der Waals surface area contributed by atoms with Crippen molar-refractivity contribution in [3.8, 4) is 0 Å². The van der Waals surface area contributed by atoms with E-state index >= 15 is 0 Å². The average molecular weight is 265 g/mol. The lowest BCUT2D eigenvalue weighted by Crippen LogP contribution is -2.57. The number of carboxylic acids is 1. The molecule has 1 saturated heterocycles. The van der Waals surface area contributed by atoms with Gasteiger partial charge in [-0.3, -0.25) is 0 Å². The zero-order valence-corrected chi connectivity index (χ0v) is 11.1. The molecule has 0 aromatic rings. The van der Waals surface area contributed by atoms with Gasteiger partial charge < -0.3 is 20.1 Å². The normalized spacial score (nSPS) is 34.5. The number of amides is 2. The Bertz CT molecular complexity index is 379. The molecule has 0 spiro atoms. The zero-order chi connectivity index (χ0) is 13.4. The smallest absolute Gasteiger partial charge is 0.318 e. The maximum atomic E-state index is 12.3. The monoisotopic (exact) mass is 265 g/mol. The van der Waals surface area contributed by atoms with Crippen molar-refractivity contribution in [3.05, 3.63) is 0 Å². The third-order valence-corrected chi connectivity index (χ3v) is 4.99. The van der Waals surface area contributed by atoms with E-state index in [2.05, 4.69) is 5.32 Å². The lowest BCUT2D eigenvalue weighted by Gasteiger charge is -2.37. The predicted octanol–water partition coefficient (Wildman–Crippen LogP) is 0.631. The van der Waals surface area contributed by atoms with E-state index in [1.54, 1.807) is 4.90 Å². The summed E-state index contributed by atoms with van der Waals surface area (Å²) in [5.41, 5.74) is 0. The van der Waals surface area contributed by atoms with E-state index in [0.717, 1.165) is 44.9 Å². The molecule has 2 saturated carbocycles. The highest BCUT2D eigenvalue weighted by Gasteiger charge is 2.48. The SMILES string of the molecule is O=C([O-])[C@H]1[C@@H]2CC[C@H](C2)N1C(=O)NC1CCCCC1. The van der Waals surface area contributed by atoms with Crippen molar-refractivity contribution in [2.45, 2.75) is 69.5 Å². The van der Waals surface area contributed by atoms with Gasteiger partial charge in [-0.1, -0.05) is 19.3 Å². The fourth-order valence-corrected chi connectivity index (χ4v) is 4.08. The highest BCUT2D eigenvalue weighted by Crippen LogP contribution is 2.42. The van der Waals surface area contributed by atoms with Gasteiger partial charge >= 0.3 is 6.03 Å². The Labute approximate surface area is 113 Å². The van der Waals surface area contributed by atoms with Gasteiger partial charge in [0.15, 0.2) is 0 Å². The number of likely N-dealkylation sites (tertiary alicyclic amines) is 1. The molecule has 0 unspecified atom stereocenters. The van der Waals surface area contributed by atoms with Gasteiger partial charge in [-0.05, 0) is 38.0 Å². The molecular weight excluding hydrogens is 244 g/mol. The van der Waals surface area contributed by atoms with Crippen LogP contribution in [0.25, 0.3) is 0 Å². The van der Waals surface area contributed by atoms with Crippen LogP contribution in [0, 0.1) is 5.92 Å². The fourth-order valence-electron chi connectivity index (χ4n) is 4.08. The highest BCUT2D eigenvalue weighted by atomic mass is 16.4. The highest BCUT2D eigenvalue weighted by molar-refractivity contribution is 5.83. The molecule has 106 valence electrons. The Kier molecular flexibility index (Phi) is 3.37. The van der Waals surface area contributed by atoms with Gasteiger partial charge in [0.2, 0.25) is 0 Å². The fraction of sp³-hybridized carbons (Fsp3) is 0.857. The van der Waals surface area contributed by atoms with Crippen molar-refractivity contribution in [2.24, 2.45) is 5.92 Å². The van der Waals surface area contributed by atoms with E-state index in [1.807, 2.05) is 0 Å². The number of hydrogen-bond donors (Lipinski definition) is 1. The second-order valence-electron chi connectivity index (χ2n) is 6.18. The maximum Gasteiger partial charge on any atom is 0.318 e. The second-order valence-corrected chi connectivity index (χ2v) is 6.18. The van der Waals surface area contributed by atoms with Crippen molar-refractivity contribution in [1.29, 1.82) is 0 Å². The number of fused-ring (bicyclic) bond motifs is 2. The summed E-state index contributed by atoms with van der Waals surface area (Å²) >= 11 is 0. The third kappa shape index (κ3) is 2.30. The summed E-state index contributed by atoms with van der Waals surface area (Å²) < 4.78 is 0. The Morgan fingerprint density at radius 2 is 1.79 bits per heavy atom. The number of nitrogens with one attached hydrogen (secondary N) is 1. The molecule has 0 aromatic heterocycles. The minimum atomic E-state index is -1.09. The van der Waals surface area contributed by atoms with E-state index in [1.165, 1.54) is 6.42 Å². The number of piperidine rings is 1. The molecule has 5 heteroatoms. The second kappa shape index (κ2) is 5.02. The van der Waals surface area contributed by atoms with Crippen molar-refractivity contribution in [2.75, 3.05) is 0 Å². The summed E-state index contributed by atoms with van der Waals surface area (Å²) in [6.45, 7) is 0. The van der Waals surface area contributed by atoms with Gasteiger partial charge in [-0.2, -0.15) is 0 Å². The zero-order valence-electron chi connectivity index (χ0n) is 11.1. The van der Waals surface area contributed by atoms with E-state index < -0.39 is 12.0 Å². The standard InChI is InChI=1S/C14H22N2O3/c17-13(18)12-9-6-7-11(8-9)16(12)14(19)15-10-4-2-1-3-5-10/h9-12H,1-8H2,(H,15,19)(H,17,18)/p-1/t9-,11-,12-/m1/s1. The van der Waals surface area contributed by atoms with Crippen LogP contribution in [-0.4, -0.2) is 35.0 Å². The van der Waals surface area contributed by atoms with Crippen LogP contribution in [0.4, 0.5) is 4.79 Å². The van der Waals surface area contributed by atoms with Gasteiger partial charge in [0.25, 0.3) is 0 Å². The largest absolute Gasteiger partial charge is 0.548 e. The van der Waals surface area contributed by atoms with E-state index in [4.69, 9.17) is 0 Å². The van der Waals surface area contributed by atoms with Crippen molar-refractivity contribution in [1.82, 2.24) is 10.2 Å². The molecule has 2 aliphatic carbocycles. The first-order valence-electron chi connectivity index (χ1n) is 7.46. The van der Waals surface area contributed by atoms with Crippen LogP contribution in [0.2, 0.25) is 0 Å². The molecule has 5 nitrogen and oxygen atoms in total. The molecule has 3 rings (SSSR count). The summed E-state index contributed by atoms with van der Waals surface area (Å²) in [4.78, 5) is 25.2. The summed E-state index contributed by atoms with van der Waals surface area (Å²) in [5, 5.41) is 14.3. The minimum Gasteiger partial charge on any atom is -0.548 e. The average Bonchev–Trinajstić information content (AvgIpc) is 2.99. The van der Waals surface area contributed by atoms with E-state index in [-0.39, 0.29) is 24.0 Å². The molecule has 3 aliphatic rings. The Balaban J connectivity index is 1.66. The van der Waals surface area contributed by atoms with Gasteiger partial charge in [0, 0.05) is 12.1 Å². The lowest BCUT2D eigenvalue weighted by atomic mass is 9.95. The van der Waals surface area contributed by atoms with Crippen molar-refractivity contribution in [3.63, 3.8) is 0 Å². The van der Waals surface area contributed by atoms with Crippen LogP contribution in [0.3, 0.4) is 0 Å². The van der Waals surface area contributed by atoms with E-state index in [0.29, 0.717) is 0 Å². The Morgan fingerprint density at radius 1 is 1.05 bits per heavy atom. The molecule has 2 amide bonds. The van der Waals surface area contributed by atoms with Gasteiger partial charge in [0.1, 0.15) is 0 Å². The lowest BCUT2D eigenvalue weighted by molar-refractivity contribution is -0.312. The van der Waals surface area contributed by atoms with Crippen LogP contribution >= 0.6 is 0 Å². The maximum absolute atomic E-state index is 12.3. The predicted molar refractivity (Wildman–Crippen MR) is 67.2 cm³/mol. The number of nitrogens with zero attached hydrogens (tertiary/aromatic N) is 1. The number of hydrogen-bond acceptors (Lipinski definition) is 3. The molecule has 19 heavy (non-hydrogen) atoms. The Morgan fingerprint density at radius 3 is 2.47 bits per heavy atom. The first-order valence-corrected chi connectivity index (χ1v) is 7.46. The van der Waals surface area contributed by atoms with Gasteiger partial charge in [0.05, 0.1) is 12.0 Å². The Hall–Kier alpha value is -1.26. The molecular formula is C14H21N2O3-. The summed E-state index contributed by atoms with van der Waals surface area (Å²) in [7, 11) is 0. The van der Waals surface area contributed by atoms with Crippen LogP contribution in [0.1, 0.15) is 51.4 Å². The number of carboxylic acid groups (broad SMARTS) is 1. The molecule has 1 N–H and O–H groups in total. The number of urea groups is 1. The molecule has 1 aliphatic heterocycles. The van der Waals surface area contributed by atoms with Crippen LogP contribution < -0.4 is 10.4 Å². The molecule has 3 fully saturated rings. The molecule has 0 aromatic carbocycles. The molecule has 2 bridgehead atoms. The van der Waals surface area contributed by atoms with E-state index in [9.17, 15) is 14.7 Å². The summed E-state index contributed by atoms with van der Waals surface area (Å²) in [6.07, 6.45) is 8.26. The van der Waals surface area contributed by atoms with Crippen LogP contribution in [0.5, 0.6) is 0 Å². The van der Waals surface area contributed by atoms with Gasteiger partial charge in [-0.25, -0.2) is 4.79 Å². The molecule has 3 atom stereocenters. The third-order valence-electron chi connectivity index (χ3n) is 4.99. The minimum absolute atomic E-state index is 0.104. The molecule has 1 heterocycles. The molecule has 0 radical (unpaired) electrons. The summed E-state index contributed by atoms with van der Waals surface area (Å²) in [5.74, 6) is -0.988. The number of carbonyl (C=O) groups is 2. The van der Waals surface area contributed by atoms with Gasteiger partial charge in [-0.15, -0.1) is 0 Å². The van der Waals surface area contributed by atoms with Crippen molar-refractivity contribution >= 4 is 12.0 Å². The quantitative estimate of drug-likeness (QED) is 0.796. The number of rotatable bonds is 2. The van der Waals surface area contributed by atoms with Crippen LogP contribution in [-0.2, 0) is 4.79 Å². The van der Waals surface area contributed by atoms with Crippen molar-refractivity contribution < 1.29 is 14.7 Å². The van der Waals surface area contributed by atoms with Crippen LogP contribution in [0.15, 0.2) is 0 Å². The first-order chi connectivity index (χ1) is 9.16. The number of carbonyl (C=O) groups excluding carboxylic acids is 2. The first kappa shape index (κ1) is 12.8. The number of aliphatic carboxylic acids is 1. The topological polar surface area (TPSA) is 72.5 Å².